The third kappa shape index (κ3) is 4.78. The Morgan fingerprint density at radius 2 is 1.94 bits per heavy atom. The molecule has 0 saturated heterocycles. The fraction of sp³-hybridized carbons (Fsp3) is 0.158. The minimum Gasteiger partial charge on any atom is -0.342 e. The van der Waals surface area contributed by atoms with Crippen LogP contribution in [0.25, 0.3) is 11.0 Å². The number of carbonyl (C=O) groups excluding carboxylic acids is 2. The van der Waals surface area contributed by atoms with Gasteiger partial charge in [0.1, 0.15) is 21.9 Å². The molecule has 4 rings (SSSR count). The molecule has 4 aromatic rings. The monoisotopic (exact) mass is 495 g/mol. The van der Waals surface area contributed by atoms with Gasteiger partial charge in [-0.05, 0) is 25.1 Å². The molecule has 3 heterocycles. The summed E-state index contributed by atoms with van der Waals surface area (Å²) in [5, 5.41) is 12.0. The van der Waals surface area contributed by atoms with E-state index in [1.165, 1.54) is 24.8 Å². The van der Waals surface area contributed by atoms with E-state index in [1.807, 2.05) is 0 Å². The van der Waals surface area contributed by atoms with Crippen LogP contribution in [0.1, 0.15) is 43.7 Å². The van der Waals surface area contributed by atoms with Crippen molar-refractivity contribution in [2.75, 3.05) is 5.32 Å². The molecule has 1 aromatic carbocycles. The standard InChI is InChI=1S/C19H13ClF3N7O2S/c1-8(28-17(32)14-10-5-27-30-15(10)26-7-25-14)18-24-6-13(33-18)16(31)29-9-2-3-12(20)11(4-9)19(21,22)23/h2-8H,1H3,(H,28,32)(H,29,31)(H,25,26,27,30)/t8-/m1/s1. The summed E-state index contributed by atoms with van der Waals surface area (Å²) in [6.07, 6.45) is -0.721. The van der Waals surface area contributed by atoms with Crippen molar-refractivity contribution in [1.29, 1.82) is 0 Å². The third-order valence-electron chi connectivity index (χ3n) is 4.46. The molecule has 0 fully saturated rings. The van der Waals surface area contributed by atoms with Gasteiger partial charge in [-0.15, -0.1) is 11.3 Å². The number of carbonyl (C=O) groups is 2. The van der Waals surface area contributed by atoms with Gasteiger partial charge in [0.15, 0.2) is 5.65 Å². The fourth-order valence-electron chi connectivity index (χ4n) is 2.88. The summed E-state index contributed by atoms with van der Waals surface area (Å²) < 4.78 is 39.1. The molecule has 0 aliphatic carbocycles. The molecule has 0 aliphatic heterocycles. The number of hydrogen-bond acceptors (Lipinski definition) is 7. The molecular formula is C19H13ClF3N7O2S. The smallest absolute Gasteiger partial charge is 0.342 e. The molecule has 0 saturated carbocycles. The van der Waals surface area contributed by atoms with Crippen LogP contribution in [0.15, 0.2) is 36.9 Å². The molecule has 0 unspecified atom stereocenters. The van der Waals surface area contributed by atoms with Gasteiger partial charge in [-0.3, -0.25) is 14.7 Å². The van der Waals surface area contributed by atoms with Crippen molar-refractivity contribution in [3.63, 3.8) is 0 Å². The topological polar surface area (TPSA) is 126 Å². The van der Waals surface area contributed by atoms with Gasteiger partial charge in [0.2, 0.25) is 0 Å². The molecule has 2 amide bonds. The summed E-state index contributed by atoms with van der Waals surface area (Å²) in [6.45, 7) is 1.67. The number of thiazole rings is 1. The van der Waals surface area contributed by atoms with Gasteiger partial charge in [0, 0.05) is 5.69 Å². The summed E-state index contributed by atoms with van der Waals surface area (Å²) in [4.78, 5) is 37.3. The van der Waals surface area contributed by atoms with Gasteiger partial charge in [-0.2, -0.15) is 18.3 Å². The normalized spacial score (nSPS) is 12.5. The predicted molar refractivity (Wildman–Crippen MR) is 114 cm³/mol. The van der Waals surface area contributed by atoms with E-state index in [0.717, 1.165) is 23.5 Å². The Morgan fingerprint density at radius 1 is 1.15 bits per heavy atom. The van der Waals surface area contributed by atoms with E-state index in [1.54, 1.807) is 6.92 Å². The number of benzene rings is 1. The van der Waals surface area contributed by atoms with Crippen LogP contribution in [-0.4, -0.2) is 37.0 Å². The summed E-state index contributed by atoms with van der Waals surface area (Å²) in [5.74, 6) is -1.14. The number of halogens is 4. The number of anilines is 1. The minimum absolute atomic E-state index is 0.0686. The van der Waals surface area contributed by atoms with Gasteiger partial charge in [-0.1, -0.05) is 11.6 Å². The van der Waals surface area contributed by atoms with Gasteiger partial charge in [-0.25, -0.2) is 15.0 Å². The second-order valence-corrected chi connectivity index (χ2v) is 8.23. The summed E-state index contributed by atoms with van der Waals surface area (Å²) in [5.41, 5.74) is -0.592. The predicted octanol–water partition coefficient (Wildman–Crippen LogP) is 4.22. The Bertz CT molecular complexity index is 1350. The van der Waals surface area contributed by atoms with Crippen molar-refractivity contribution in [2.45, 2.75) is 19.1 Å². The lowest BCUT2D eigenvalue weighted by molar-refractivity contribution is -0.137. The highest BCUT2D eigenvalue weighted by Gasteiger charge is 2.33. The van der Waals surface area contributed by atoms with Crippen molar-refractivity contribution in [3.8, 4) is 0 Å². The van der Waals surface area contributed by atoms with Crippen LogP contribution in [0.4, 0.5) is 18.9 Å². The Labute approximate surface area is 192 Å². The quantitative estimate of drug-likeness (QED) is 0.380. The van der Waals surface area contributed by atoms with E-state index < -0.39 is 34.6 Å². The Kier molecular flexibility index (Phi) is 5.99. The second kappa shape index (κ2) is 8.75. The largest absolute Gasteiger partial charge is 0.417 e. The summed E-state index contributed by atoms with van der Waals surface area (Å²) in [6, 6.07) is 2.50. The maximum Gasteiger partial charge on any atom is 0.417 e. The number of fused-ring (bicyclic) bond motifs is 1. The van der Waals surface area contributed by atoms with Crippen LogP contribution >= 0.6 is 22.9 Å². The van der Waals surface area contributed by atoms with Gasteiger partial charge in [0.05, 0.1) is 34.4 Å². The van der Waals surface area contributed by atoms with Crippen LogP contribution < -0.4 is 10.6 Å². The summed E-state index contributed by atoms with van der Waals surface area (Å²) in [7, 11) is 0. The first kappa shape index (κ1) is 22.6. The van der Waals surface area contributed by atoms with Crippen LogP contribution in [0, 0.1) is 0 Å². The zero-order valence-corrected chi connectivity index (χ0v) is 18.1. The van der Waals surface area contributed by atoms with Gasteiger partial charge < -0.3 is 10.6 Å². The van der Waals surface area contributed by atoms with Gasteiger partial charge >= 0.3 is 6.18 Å². The molecule has 170 valence electrons. The number of amides is 2. The molecule has 0 spiro atoms. The van der Waals surface area contributed by atoms with Crippen molar-refractivity contribution < 1.29 is 22.8 Å². The number of alkyl halides is 3. The molecular weight excluding hydrogens is 483 g/mol. The number of nitrogens with one attached hydrogen (secondary N) is 3. The molecule has 0 bridgehead atoms. The van der Waals surface area contributed by atoms with Crippen molar-refractivity contribution in [2.24, 2.45) is 0 Å². The minimum atomic E-state index is -4.66. The van der Waals surface area contributed by atoms with Crippen LogP contribution in [0.3, 0.4) is 0 Å². The van der Waals surface area contributed by atoms with E-state index in [9.17, 15) is 22.8 Å². The third-order valence-corrected chi connectivity index (χ3v) is 5.97. The van der Waals surface area contributed by atoms with E-state index in [-0.39, 0.29) is 16.3 Å². The number of H-pyrrole nitrogens is 1. The highest BCUT2D eigenvalue weighted by atomic mass is 35.5. The van der Waals surface area contributed by atoms with Crippen LogP contribution in [0.2, 0.25) is 5.02 Å². The van der Waals surface area contributed by atoms with Crippen molar-refractivity contribution in [3.05, 3.63) is 63.1 Å². The lowest BCUT2D eigenvalue weighted by atomic mass is 10.2. The summed E-state index contributed by atoms with van der Waals surface area (Å²) >= 11 is 6.58. The first-order chi connectivity index (χ1) is 15.6. The highest BCUT2D eigenvalue weighted by molar-refractivity contribution is 7.13. The average Bonchev–Trinajstić information content (AvgIpc) is 3.43. The van der Waals surface area contributed by atoms with E-state index in [2.05, 4.69) is 35.8 Å². The molecule has 0 radical (unpaired) electrons. The SMILES string of the molecule is C[C@@H](NC(=O)c1ncnc2[nH]ncc12)c1ncc(C(=O)Nc2ccc(Cl)c(C(F)(F)F)c2)s1. The van der Waals surface area contributed by atoms with E-state index in [0.29, 0.717) is 16.0 Å². The zero-order valence-electron chi connectivity index (χ0n) is 16.6. The van der Waals surface area contributed by atoms with Crippen molar-refractivity contribution >= 4 is 51.5 Å². The number of rotatable bonds is 5. The van der Waals surface area contributed by atoms with Crippen LogP contribution in [-0.2, 0) is 6.18 Å². The molecule has 1 atom stereocenters. The lowest BCUT2D eigenvalue weighted by Gasteiger charge is -2.11. The molecule has 14 heteroatoms. The average molecular weight is 496 g/mol. The Morgan fingerprint density at radius 3 is 2.70 bits per heavy atom. The van der Waals surface area contributed by atoms with Crippen molar-refractivity contribution in [1.82, 2.24) is 30.5 Å². The van der Waals surface area contributed by atoms with E-state index in [4.69, 9.17) is 11.6 Å². The lowest BCUT2D eigenvalue weighted by Crippen LogP contribution is -2.27. The van der Waals surface area contributed by atoms with E-state index >= 15 is 0 Å². The number of aromatic amines is 1. The number of nitrogens with zero attached hydrogens (tertiary/aromatic N) is 4. The van der Waals surface area contributed by atoms with Crippen LogP contribution in [0.5, 0.6) is 0 Å². The molecule has 0 aliphatic rings. The molecule has 33 heavy (non-hydrogen) atoms. The maximum absolute atomic E-state index is 13.0. The first-order valence-electron chi connectivity index (χ1n) is 9.22. The molecule has 3 aromatic heterocycles. The number of aromatic nitrogens is 5. The second-order valence-electron chi connectivity index (χ2n) is 6.76. The zero-order chi connectivity index (χ0) is 23.8. The number of hydrogen-bond donors (Lipinski definition) is 3. The Balaban J connectivity index is 1.46. The molecule has 9 nitrogen and oxygen atoms in total. The first-order valence-corrected chi connectivity index (χ1v) is 10.4. The highest BCUT2D eigenvalue weighted by Crippen LogP contribution is 2.36. The van der Waals surface area contributed by atoms with Gasteiger partial charge in [0.25, 0.3) is 11.8 Å². The Hall–Kier alpha value is -3.58. The molecule has 3 N–H and O–H groups in total. The fourth-order valence-corrected chi connectivity index (χ4v) is 3.92. The maximum atomic E-state index is 13.0.